The van der Waals surface area contributed by atoms with Crippen molar-refractivity contribution in [3.8, 4) is 56.1 Å². The summed E-state index contributed by atoms with van der Waals surface area (Å²) in [7, 11) is 0. The number of fused-ring (bicyclic) bond motifs is 6. The van der Waals surface area contributed by atoms with E-state index in [1.54, 1.807) is 0 Å². The summed E-state index contributed by atoms with van der Waals surface area (Å²) in [5, 5.41) is 4.80. The third-order valence-electron chi connectivity index (χ3n) is 11.0. The summed E-state index contributed by atoms with van der Waals surface area (Å²) < 4.78 is 4.69. The van der Waals surface area contributed by atoms with E-state index in [1.807, 2.05) is 24.4 Å². The lowest BCUT2D eigenvalue weighted by molar-refractivity contribution is 1.14. The zero-order chi connectivity index (χ0) is 37.0. The van der Waals surface area contributed by atoms with Crippen molar-refractivity contribution in [2.75, 3.05) is 0 Å². The molecule has 0 amide bonds. The first-order chi connectivity index (χ1) is 27.8. The highest BCUT2D eigenvalue weighted by atomic mass is 15.0. The van der Waals surface area contributed by atoms with Crippen LogP contribution in [0.25, 0.3) is 99.9 Å². The third kappa shape index (κ3) is 5.23. The van der Waals surface area contributed by atoms with Gasteiger partial charge in [-0.3, -0.25) is 4.57 Å². The molecule has 262 valence electrons. The summed E-state index contributed by atoms with van der Waals surface area (Å²) in [6.07, 6.45) is 1.88. The van der Waals surface area contributed by atoms with Crippen LogP contribution in [0, 0.1) is 0 Å². The first kappa shape index (κ1) is 31.9. The Kier molecular flexibility index (Phi) is 7.46. The van der Waals surface area contributed by atoms with Crippen LogP contribution in [0.5, 0.6) is 0 Å². The molecule has 0 unspecified atom stereocenters. The Morgan fingerprint density at radius 1 is 0.339 bits per heavy atom. The first-order valence-corrected chi connectivity index (χ1v) is 19.0. The molecule has 0 aliphatic carbocycles. The number of hydrogen-bond acceptors (Lipinski definition) is 2. The maximum Gasteiger partial charge on any atom is 0.145 e. The molecule has 0 spiro atoms. The summed E-state index contributed by atoms with van der Waals surface area (Å²) in [6, 6.07) is 71.3. The zero-order valence-corrected chi connectivity index (χ0v) is 30.4. The smallest absolute Gasteiger partial charge is 0.145 e. The molecule has 0 radical (unpaired) electrons. The summed E-state index contributed by atoms with van der Waals surface area (Å²) in [4.78, 5) is 9.94. The van der Waals surface area contributed by atoms with Gasteiger partial charge in [0.05, 0.1) is 27.9 Å². The van der Waals surface area contributed by atoms with Gasteiger partial charge in [-0.1, -0.05) is 133 Å². The van der Waals surface area contributed by atoms with E-state index in [9.17, 15) is 0 Å². The van der Waals surface area contributed by atoms with Crippen molar-refractivity contribution in [3.05, 3.63) is 206 Å². The maximum absolute atomic E-state index is 5.10. The molecule has 7 aromatic carbocycles. The highest BCUT2D eigenvalue weighted by Crippen LogP contribution is 2.41. The zero-order valence-electron chi connectivity index (χ0n) is 30.4. The molecule has 0 saturated heterocycles. The average Bonchev–Trinajstić information content (AvgIpc) is 3.80. The summed E-state index contributed by atoms with van der Waals surface area (Å²) >= 11 is 0. The number of benzene rings is 7. The normalized spacial score (nSPS) is 11.6. The molecule has 11 aromatic rings. The van der Waals surface area contributed by atoms with Crippen molar-refractivity contribution in [2.24, 2.45) is 0 Å². The molecular formula is C52H34N4. The molecule has 4 aromatic heterocycles. The van der Waals surface area contributed by atoms with Crippen molar-refractivity contribution < 1.29 is 0 Å². The van der Waals surface area contributed by atoms with E-state index >= 15 is 0 Å². The van der Waals surface area contributed by atoms with Gasteiger partial charge in [0.25, 0.3) is 0 Å². The van der Waals surface area contributed by atoms with Gasteiger partial charge >= 0.3 is 0 Å². The van der Waals surface area contributed by atoms with E-state index in [4.69, 9.17) is 9.97 Å². The van der Waals surface area contributed by atoms with Gasteiger partial charge in [0.15, 0.2) is 0 Å². The number of para-hydroxylation sites is 2. The second-order valence-electron chi connectivity index (χ2n) is 14.2. The molecule has 11 rings (SSSR count). The van der Waals surface area contributed by atoms with E-state index in [1.165, 1.54) is 38.3 Å². The van der Waals surface area contributed by atoms with Crippen LogP contribution in [-0.2, 0) is 0 Å². The Hall–Kier alpha value is -7.56. The predicted octanol–water partition coefficient (Wildman–Crippen LogP) is 13.3. The van der Waals surface area contributed by atoms with Crippen molar-refractivity contribution in [1.29, 1.82) is 0 Å². The fourth-order valence-electron chi connectivity index (χ4n) is 8.40. The van der Waals surface area contributed by atoms with Gasteiger partial charge in [-0.25, -0.2) is 9.97 Å². The monoisotopic (exact) mass is 714 g/mol. The predicted molar refractivity (Wildman–Crippen MR) is 232 cm³/mol. The lowest BCUT2D eigenvalue weighted by Gasteiger charge is -2.12. The maximum atomic E-state index is 5.10. The number of aromatic nitrogens is 4. The minimum absolute atomic E-state index is 0.958. The second kappa shape index (κ2) is 13.1. The van der Waals surface area contributed by atoms with Crippen molar-refractivity contribution >= 4 is 43.7 Å². The van der Waals surface area contributed by atoms with Crippen LogP contribution in [0.2, 0.25) is 0 Å². The average molecular weight is 715 g/mol. The second-order valence-corrected chi connectivity index (χ2v) is 14.2. The lowest BCUT2D eigenvalue weighted by Crippen LogP contribution is -1.95. The molecule has 0 N–H and O–H groups in total. The number of nitrogens with zero attached hydrogens (tertiary/aromatic N) is 4. The highest BCUT2D eigenvalue weighted by molar-refractivity contribution is 6.17. The summed E-state index contributed by atoms with van der Waals surface area (Å²) in [6.45, 7) is 0. The Balaban J connectivity index is 1.06. The molecule has 56 heavy (non-hydrogen) atoms. The van der Waals surface area contributed by atoms with Gasteiger partial charge in [0, 0.05) is 50.2 Å². The van der Waals surface area contributed by atoms with Crippen LogP contribution in [0.15, 0.2) is 206 Å². The molecule has 0 atom stereocenters. The van der Waals surface area contributed by atoms with Crippen LogP contribution >= 0.6 is 0 Å². The Morgan fingerprint density at radius 3 is 1.68 bits per heavy atom. The van der Waals surface area contributed by atoms with Gasteiger partial charge in [0.1, 0.15) is 5.65 Å². The quantitative estimate of drug-likeness (QED) is 0.172. The van der Waals surface area contributed by atoms with Crippen LogP contribution in [0.4, 0.5) is 0 Å². The number of pyridine rings is 2. The largest absolute Gasteiger partial charge is 0.309 e. The molecule has 0 saturated carbocycles. The minimum Gasteiger partial charge on any atom is -0.309 e. The standard InChI is InChI=1S/C52H34N4/c1-4-14-36(15-5-1)46-32-39(33-47(54-46)37-16-6-2-7-17-37)35-25-28-41(29-26-35)55-48-23-11-10-20-45(48)51-42(21-12-24-49(51)55)38-27-30-43-44-22-13-31-53-52(44)56(50(43)34-38)40-18-8-3-9-19-40/h1-34H. The van der Waals surface area contributed by atoms with E-state index in [0.717, 1.165) is 61.6 Å². The molecular weight excluding hydrogens is 681 g/mol. The van der Waals surface area contributed by atoms with E-state index in [-0.39, 0.29) is 0 Å². The minimum atomic E-state index is 0.958. The van der Waals surface area contributed by atoms with Gasteiger partial charge in [-0.15, -0.1) is 0 Å². The van der Waals surface area contributed by atoms with Crippen molar-refractivity contribution in [3.63, 3.8) is 0 Å². The van der Waals surface area contributed by atoms with Crippen molar-refractivity contribution in [1.82, 2.24) is 19.1 Å². The first-order valence-electron chi connectivity index (χ1n) is 19.0. The van der Waals surface area contributed by atoms with Crippen LogP contribution in [0.1, 0.15) is 0 Å². The Labute approximate surface area is 324 Å². The van der Waals surface area contributed by atoms with Crippen LogP contribution in [0.3, 0.4) is 0 Å². The molecule has 4 heterocycles. The van der Waals surface area contributed by atoms with E-state index in [2.05, 4.69) is 191 Å². The third-order valence-corrected chi connectivity index (χ3v) is 11.0. The Morgan fingerprint density at radius 2 is 0.946 bits per heavy atom. The number of hydrogen-bond donors (Lipinski definition) is 0. The van der Waals surface area contributed by atoms with Crippen LogP contribution < -0.4 is 0 Å². The summed E-state index contributed by atoms with van der Waals surface area (Å²) in [5.74, 6) is 0. The van der Waals surface area contributed by atoms with Gasteiger partial charge < -0.3 is 4.57 Å². The number of rotatable bonds is 6. The van der Waals surface area contributed by atoms with Gasteiger partial charge in [-0.2, -0.15) is 0 Å². The van der Waals surface area contributed by atoms with E-state index in [0.29, 0.717) is 0 Å². The van der Waals surface area contributed by atoms with Crippen molar-refractivity contribution in [2.45, 2.75) is 0 Å². The SMILES string of the molecule is c1ccc(-c2cc(-c3ccc(-n4c5ccccc5c5c(-c6ccc7c8cccnc8n(-c8ccccc8)c7c6)cccc54)cc3)cc(-c3ccccc3)n2)cc1. The Bertz CT molecular complexity index is 3160. The van der Waals surface area contributed by atoms with Crippen LogP contribution in [-0.4, -0.2) is 19.1 Å². The molecule has 4 nitrogen and oxygen atoms in total. The highest BCUT2D eigenvalue weighted by Gasteiger charge is 2.19. The fourth-order valence-corrected chi connectivity index (χ4v) is 8.40. The topological polar surface area (TPSA) is 35.6 Å². The molecule has 0 fully saturated rings. The molecule has 0 bridgehead atoms. The molecule has 0 aliphatic heterocycles. The van der Waals surface area contributed by atoms with Gasteiger partial charge in [0.2, 0.25) is 0 Å². The molecule has 0 aliphatic rings. The summed E-state index contributed by atoms with van der Waals surface area (Å²) in [5.41, 5.74) is 15.4. The van der Waals surface area contributed by atoms with Gasteiger partial charge in [-0.05, 0) is 89.0 Å². The lowest BCUT2D eigenvalue weighted by atomic mass is 9.98. The fraction of sp³-hybridized carbons (Fsp3) is 0. The van der Waals surface area contributed by atoms with E-state index < -0.39 is 0 Å². The molecule has 4 heteroatoms.